The number of nitrogens with one attached hydrogen (secondary N) is 1. The number of ether oxygens (including phenoxy) is 1. The van der Waals surface area contributed by atoms with Crippen molar-refractivity contribution in [3.63, 3.8) is 0 Å². The molecule has 5 heteroatoms. The first kappa shape index (κ1) is 19.1. The standard InChI is InChI=1S/C21H30N2O3/c1-16(13-17-5-3-2-4-6-17)19-14-20(19)22-18-7-9-23(10-8-18)11-12-26-15-21(24)25/h2-6,13,18-20,22H,7-12,14-15H2,1H3,(H,24,25)/b16-13+/t19-,20+/m0/s1. The number of piperidine rings is 1. The summed E-state index contributed by atoms with van der Waals surface area (Å²) in [5.74, 6) is -0.221. The van der Waals surface area contributed by atoms with E-state index < -0.39 is 5.97 Å². The summed E-state index contributed by atoms with van der Waals surface area (Å²) < 4.78 is 5.13. The molecule has 0 aromatic heterocycles. The van der Waals surface area contributed by atoms with Crippen molar-refractivity contribution in [3.05, 3.63) is 41.5 Å². The van der Waals surface area contributed by atoms with Gasteiger partial charge >= 0.3 is 5.97 Å². The fraction of sp³-hybridized carbons (Fsp3) is 0.571. The highest BCUT2D eigenvalue weighted by Crippen LogP contribution is 2.38. The lowest BCUT2D eigenvalue weighted by atomic mass is 10.0. The third kappa shape index (κ3) is 5.94. The second-order valence-corrected chi connectivity index (χ2v) is 7.48. The molecule has 0 radical (unpaired) electrons. The van der Waals surface area contributed by atoms with Crippen molar-refractivity contribution in [3.8, 4) is 0 Å². The predicted octanol–water partition coefficient (Wildman–Crippen LogP) is 2.63. The van der Waals surface area contributed by atoms with Crippen LogP contribution in [-0.4, -0.2) is 60.9 Å². The van der Waals surface area contributed by atoms with Crippen LogP contribution in [0.5, 0.6) is 0 Å². The lowest BCUT2D eigenvalue weighted by Gasteiger charge is -2.32. The number of hydrogen-bond acceptors (Lipinski definition) is 4. The molecule has 142 valence electrons. The van der Waals surface area contributed by atoms with Crippen LogP contribution in [0.1, 0.15) is 31.7 Å². The zero-order chi connectivity index (χ0) is 18.4. The van der Waals surface area contributed by atoms with Crippen molar-refractivity contribution in [1.29, 1.82) is 0 Å². The Hall–Kier alpha value is -1.69. The van der Waals surface area contributed by atoms with Gasteiger partial charge in [-0.2, -0.15) is 0 Å². The van der Waals surface area contributed by atoms with E-state index in [4.69, 9.17) is 9.84 Å². The van der Waals surface area contributed by atoms with E-state index in [2.05, 4.69) is 53.5 Å². The summed E-state index contributed by atoms with van der Waals surface area (Å²) in [6, 6.07) is 11.8. The van der Waals surface area contributed by atoms with Crippen LogP contribution >= 0.6 is 0 Å². The minimum Gasteiger partial charge on any atom is -0.480 e. The van der Waals surface area contributed by atoms with Crippen molar-refractivity contribution >= 4 is 12.0 Å². The predicted molar refractivity (Wildman–Crippen MR) is 103 cm³/mol. The van der Waals surface area contributed by atoms with E-state index in [0.717, 1.165) is 32.5 Å². The summed E-state index contributed by atoms with van der Waals surface area (Å²) in [5.41, 5.74) is 2.76. The molecule has 0 spiro atoms. The molecule has 1 aromatic carbocycles. The van der Waals surface area contributed by atoms with Gasteiger partial charge in [0.05, 0.1) is 6.61 Å². The number of carbonyl (C=O) groups is 1. The Balaban J connectivity index is 1.33. The Bertz CT molecular complexity index is 609. The number of carboxylic acids is 1. The number of nitrogens with zero attached hydrogens (tertiary/aromatic N) is 1. The first-order chi connectivity index (χ1) is 12.6. The Morgan fingerprint density at radius 1 is 1.31 bits per heavy atom. The highest BCUT2D eigenvalue weighted by Gasteiger charge is 2.39. The third-order valence-corrected chi connectivity index (χ3v) is 5.38. The monoisotopic (exact) mass is 358 g/mol. The summed E-state index contributed by atoms with van der Waals surface area (Å²) in [6.07, 6.45) is 5.87. The number of likely N-dealkylation sites (tertiary alicyclic amines) is 1. The Labute approximate surface area is 156 Å². The van der Waals surface area contributed by atoms with Crippen molar-refractivity contribution < 1.29 is 14.6 Å². The van der Waals surface area contributed by atoms with Crippen LogP contribution in [0.3, 0.4) is 0 Å². The molecule has 0 amide bonds. The van der Waals surface area contributed by atoms with Crippen molar-refractivity contribution in [2.45, 2.75) is 38.3 Å². The van der Waals surface area contributed by atoms with Crippen LogP contribution in [0, 0.1) is 5.92 Å². The summed E-state index contributed by atoms with van der Waals surface area (Å²) in [4.78, 5) is 12.8. The van der Waals surface area contributed by atoms with E-state index in [0.29, 0.717) is 24.6 Å². The molecule has 2 aliphatic rings. The molecule has 1 aliphatic carbocycles. The van der Waals surface area contributed by atoms with Gasteiger partial charge in [0, 0.05) is 18.6 Å². The SMILES string of the molecule is C/C(=C\c1ccccc1)[C@@H]1C[C@H]1NC1CCN(CCOCC(=O)O)CC1. The maximum Gasteiger partial charge on any atom is 0.329 e. The summed E-state index contributed by atoms with van der Waals surface area (Å²) in [5, 5.41) is 12.4. The van der Waals surface area contributed by atoms with Crippen molar-refractivity contribution in [1.82, 2.24) is 10.2 Å². The molecule has 2 fully saturated rings. The van der Waals surface area contributed by atoms with Crippen LogP contribution in [0.15, 0.2) is 35.9 Å². The fourth-order valence-electron chi connectivity index (χ4n) is 3.78. The number of carboxylic acid groups (broad SMARTS) is 1. The van der Waals surface area contributed by atoms with Gasteiger partial charge < -0.3 is 20.1 Å². The zero-order valence-corrected chi connectivity index (χ0v) is 15.6. The molecule has 0 bridgehead atoms. The fourth-order valence-corrected chi connectivity index (χ4v) is 3.78. The van der Waals surface area contributed by atoms with E-state index in [1.807, 2.05) is 0 Å². The van der Waals surface area contributed by atoms with E-state index in [1.165, 1.54) is 17.6 Å². The highest BCUT2D eigenvalue weighted by atomic mass is 16.5. The van der Waals surface area contributed by atoms with E-state index >= 15 is 0 Å². The van der Waals surface area contributed by atoms with E-state index in [-0.39, 0.29) is 6.61 Å². The lowest BCUT2D eigenvalue weighted by Crippen LogP contribution is -2.44. The number of hydrogen-bond donors (Lipinski definition) is 2. The molecule has 0 unspecified atom stereocenters. The number of benzene rings is 1. The van der Waals surface area contributed by atoms with Gasteiger partial charge in [-0.1, -0.05) is 42.0 Å². The average molecular weight is 358 g/mol. The molecule has 1 saturated heterocycles. The number of rotatable bonds is 9. The van der Waals surface area contributed by atoms with Gasteiger partial charge in [0.25, 0.3) is 0 Å². The van der Waals surface area contributed by atoms with E-state index in [9.17, 15) is 4.79 Å². The van der Waals surface area contributed by atoms with E-state index in [1.54, 1.807) is 0 Å². The molecule has 1 saturated carbocycles. The second kappa shape index (κ2) is 9.31. The van der Waals surface area contributed by atoms with Crippen LogP contribution in [-0.2, 0) is 9.53 Å². The summed E-state index contributed by atoms with van der Waals surface area (Å²) in [6.45, 7) is 5.49. The van der Waals surface area contributed by atoms with Crippen LogP contribution in [0.2, 0.25) is 0 Å². The maximum atomic E-state index is 10.4. The Morgan fingerprint density at radius 2 is 2.04 bits per heavy atom. The minimum atomic E-state index is -0.900. The molecular weight excluding hydrogens is 328 g/mol. The quantitative estimate of drug-likeness (QED) is 0.665. The van der Waals surface area contributed by atoms with Gasteiger partial charge in [-0.25, -0.2) is 4.79 Å². The first-order valence-corrected chi connectivity index (χ1v) is 9.63. The van der Waals surface area contributed by atoms with Crippen LogP contribution < -0.4 is 5.32 Å². The van der Waals surface area contributed by atoms with Crippen LogP contribution in [0.4, 0.5) is 0 Å². The minimum absolute atomic E-state index is 0.197. The Morgan fingerprint density at radius 3 is 2.73 bits per heavy atom. The summed E-state index contributed by atoms with van der Waals surface area (Å²) in [7, 11) is 0. The van der Waals surface area contributed by atoms with Crippen molar-refractivity contribution in [2.75, 3.05) is 32.8 Å². The maximum absolute atomic E-state index is 10.4. The Kier molecular flexibility index (Phi) is 6.83. The molecule has 3 rings (SSSR count). The molecule has 2 N–H and O–H groups in total. The summed E-state index contributed by atoms with van der Waals surface area (Å²) >= 11 is 0. The van der Waals surface area contributed by atoms with Gasteiger partial charge in [0.15, 0.2) is 0 Å². The molecule has 2 atom stereocenters. The molecular formula is C21H30N2O3. The second-order valence-electron chi connectivity index (χ2n) is 7.48. The number of aliphatic carboxylic acids is 1. The largest absolute Gasteiger partial charge is 0.480 e. The first-order valence-electron chi connectivity index (χ1n) is 9.63. The van der Waals surface area contributed by atoms with Gasteiger partial charge in [-0.15, -0.1) is 0 Å². The molecule has 5 nitrogen and oxygen atoms in total. The average Bonchev–Trinajstić information content (AvgIpc) is 3.40. The molecule has 1 heterocycles. The van der Waals surface area contributed by atoms with Crippen molar-refractivity contribution in [2.24, 2.45) is 5.92 Å². The molecule has 1 aliphatic heterocycles. The smallest absolute Gasteiger partial charge is 0.329 e. The van der Waals surface area contributed by atoms with Gasteiger partial charge in [0.2, 0.25) is 0 Å². The topological polar surface area (TPSA) is 61.8 Å². The zero-order valence-electron chi connectivity index (χ0n) is 15.6. The van der Waals surface area contributed by atoms with Crippen LogP contribution in [0.25, 0.3) is 6.08 Å². The highest BCUT2D eigenvalue weighted by molar-refractivity contribution is 5.67. The molecule has 1 aromatic rings. The van der Waals surface area contributed by atoms with Gasteiger partial charge in [-0.3, -0.25) is 0 Å². The van der Waals surface area contributed by atoms with Gasteiger partial charge in [-0.05, 0) is 50.8 Å². The molecule has 26 heavy (non-hydrogen) atoms. The lowest BCUT2D eigenvalue weighted by molar-refractivity contribution is -0.142. The van der Waals surface area contributed by atoms with Gasteiger partial charge in [0.1, 0.15) is 6.61 Å². The normalized spacial score (nSPS) is 24.6. The third-order valence-electron chi connectivity index (χ3n) is 5.38.